The van der Waals surface area contributed by atoms with Gasteiger partial charge in [0.2, 0.25) is 5.91 Å². The zero-order chi connectivity index (χ0) is 30.0. The number of pyridine rings is 1. The smallest absolute Gasteiger partial charge is 0.329 e. The van der Waals surface area contributed by atoms with E-state index in [1.165, 1.54) is 36.7 Å². The van der Waals surface area contributed by atoms with Crippen LogP contribution in [0.25, 0.3) is 0 Å². The van der Waals surface area contributed by atoms with Crippen LogP contribution in [0.1, 0.15) is 94.7 Å². The Morgan fingerprint density at radius 2 is 1.88 bits per heavy atom. The van der Waals surface area contributed by atoms with Gasteiger partial charge in [-0.1, -0.05) is 69.5 Å². The number of cyclic esters (lactones) is 1. The molecular formula is C30H42N4O6S. The Labute approximate surface area is 246 Å². The molecule has 3 amide bonds. The summed E-state index contributed by atoms with van der Waals surface area (Å²) >= 11 is 1.29. The first-order valence-electron chi connectivity index (χ1n) is 14.3. The van der Waals surface area contributed by atoms with Crippen LogP contribution >= 0.6 is 11.8 Å². The highest BCUT2D eigenvalue weighted by Crippen LogP contribution is 2.14. The summed E-state index contributed by atoms with van der Waals surface area (Å²) in [4.78, 5) is 67.6. The summed E-state index contributed by atoms with van der Waals surface area (Å²) in [6.45, 7) is 5.53. The van der Waals surface area contributed by atoms with E-state index in [4.69, 9.17) is 4.74 Å². The number of thioether (sulfide) groups is 1. The lowest BCUT2D eigenvalue weighted by molar-refractivity contribution is -0.151. The van der Waals surface area contributed by atoms with Gasteiger partial charge in [0.15, 0.2) is 5.12 Å². The molecule has 0 aromatic carbocycles. The summed E-state index contributed by atoms with van der Waals surface area (Å²) in [5.41, 5.74) is 0.501. The molecule has 2 rings (SSSR count). The molecule has 1 aromatic heterocycles. The van der Waals surface area contributed by atoms with Gasteiger partial charge in [-0.25, -0.2) is 9.78 Å². The molecule has 11 heteroatoms. The van der Waals surface area contributed by atoms with E-state index in [1.54, 1.807) is 38.1 Å². The Bertz CT molecular complexity index is 1120. The van der Waals surface area contributed by atoms with Crippen molar-refractivity contribution in [3.63, 3.8) is 0 Å². The maximum absolute atomic E-state index is 13.0. The van der Waals surface area contributed by atoms with E-state index in [9.17, 15) is 24.0 Å². The fourth-order valence-electron chi connectivity index (χ4n) is 3.97. The molecule has 41 heavy (non-hydrogen) atoms. The third-order valence-electron chi connectivity index (χ3n) is 6.32. The number of fused-ring (bicyclic) bond motifs is 2. The van der Waals surface area contributed by atoms with Gasteiger partial charge in [0.25, 0.3) is 11.8 Å². The van der Waals surface area contributed by atoms with Crippen molar-refractivity contribution in [2.75, 3.05) is 5.75 Å². The Balaban J connectivity index is 2.08. The third kappa shape index (κ3) is 12.7. The van der Waals surface area contributed by atoms with Crippen molar-refractivity contribution in [2.24, 2.45) is 0 Å². The molecule has 0 saturated carbocycles. The molecule has 2 heterocycles. The number of ether oxygens (including phenoxy) is 1. The van der Waals surface area contributed by atoms with Crippen molar-refractivity contribution in [3.8, 4) is 0 Å². The number of nitrogens with one attached hydrogen (secondary N) is 3. The maximum Gasteiger partial charge on any atom is 0.329 e. The van der Waals surface area contributed by atoms with Crippen LogP contribution in [0.3, 0.4) is 0 Å². The van der Waals surface area contributed by atoms with Crippen LogP contribution in [0.4, 0.5) is 0 Å². The molecule has 0 fully saturated rings. The fourth-order valence-corrected chi connectivity index (χ4v) is 4.74. The van der Waals surface area contributed by atoms with Gasteiger partial charge in [-0.05, 0) is 44.4 Å². The normalized spacial score (nSPS) is 19.9. The van der Waals surface area contributed by atoms with Gasteiger partial charge in [-0.2, -0.15) is 0 Å². The fraction of sp³-hybridized carbons (Fsp3) is 0.533. The monoisotopic (exact) mass is 586 g/mol. The Morgan fingerprint density at radius 3 is 2.61 bits per heavy atom. The first-order valence-corrected chi connectivity index (χ1v) is 15.3. The molecule has 0 saturated heterocycles. The van der Waals surface area contributed by atoms with E-state index in [0.717, 1.165) is 19.3 Å². The maximum atomic E-state index is 13.0. The van der Waals surface area contributed by atoms with Crippen molar-refractivity contribution in [1.29, 1.82) is 0 Å². The standard InChI is InChI=1S/C30H42N4O6S/c1-4-7-8-9-10-17-27(36)41-18-12-11-15-22-19-26(35)31-20-21-14-13-16-25(32-21)29(38)33-23(5-2)28(37)34-24(6-3)30(39)40-22/h5,11,13-16,22,24H,4,6-10,12,17-20H2,1-3H3,(H,31,35)(H,33,38)(H,34,37)/b15-11+,23-5-/t22-,24+/m1/s1. The van der Waals surface area contributed by atoms with Crippen molar-refractivity contribution in [2.45, 2.75) is 97.2 Å². The number of rotatable bonds is 11. The van der Waals surface area contributed by atoms with Crippen LogP contribution in [0, 0.1) is 0 Å². The van der Waals surface area contributed by atoms with E-state index in [-0.39, 0.29) is 41.8 Å². The van der Waals surface area contributed by atoms with Crippen LogP contribution in [0.15, 0.2) is 42.1 Å². The van der Waals surface area contributed by atoms with Crippen LogP contribution in [-0.2, 0) is 30.5 Å². The molecule has 0 spiro atoms. The van der Waals surface area contributed by atoms with E-state index in [1.807, 2.05) is 0 Å². The summed E-state index contributed by atoms with van der Waals surface area (Å²) in [6, 6.07) is 3.81. The Hall–Kier alpha value is -3.47. The van der Waals surface area contributed by atoms with Crippen molar-refractivity contribution in [1.82, 2.24) is 20.9 Å². The second kappa shape index (κ2) is 18.8. The molecule has 2 bridgehead atoms. The Morgan fingerprint density at radius 1 is 1.10 bits per heavy atom. The molecule has 0 unspecified atom stereocenters. The average molecular weight is 587 g/mol. The number of unbranched alkanes of at least 4 members (excludes halogenated alkanes) is 4. The van der Waals surface area contributed by atoms with Crippen LogP contribution in [0.5, 0.6) is 0 Å². The van der Waals surface area contributed by atoms with Crippen molar-refractivity contribution in [3.05, 3.63) is 53.5 Å². The van der Waals surface area contributed by atoms with Gasteiger partial charge in [-0.3, -0.25) is 19.2 Å². The van der Waals surface area contributed by atoms with Gasteiger partial charge in [0, 0.05) is 12.2 Å². The number of allylic oxidation sites excluding steroid dienone is 2. The first kappa shape index (κ1) is 33.7. The van der Waals surface area contributed by atoms with Crippen molar-refractivity contribution < 1.29 is 28.7 Å². The zero-order valence-corrected chi connectivity index (χ0v) is 25.0. The third-order valence-corrected chi connectivity index (χ3v) is 7.29. The quantitative estimate of drug-likeness (QED) is 0.152. The van der Waals surface area contributed by atoms with Gasteiger partial charge < -0.3 is 20.7 Å². The second-order valence-electron chi connectivity index (χ2n) is 9.66. The highest BCUT2D eigenvalue weighted by atomic mass is 32.2. The number of aromatic nitrogens is 1. The van der Waals surface area contributed by atoms with Gasteiger partial charge in [0.05, 0.1) is 18.7 Å². The van der Waals surface area contributed by atoms with Crippen molar-refractivity contribution >= 4 is 40.6 Å². The molecule has 1 aliphatic heterocycles. The molecular weight excluding hydrogens is 544 g/mol. The minimum Gasteiger partial charge on any atom is -0.456 e. The minimum absolute atomic E-state index is 0.0293. The van der Waals surface area contributed by atoms with Gasteiger partial charge in [-0.15, -0.1) is 0 Å². The molecule has 10 nitrogen and oxygen atoms in total. The summed E-state index contributed by atoms with van der Waals surface area (Å²) in [6.07, 6.45) is 10.7. The summed E-state index contributed by atoms with van der Waals surface area (Å²) in [5.74, 6) is -1.73. The van der Waals surface area contributed by atoms with Crippen LogP contribution in [0.2, 0.25) is 0 Å². The lowest BCUT2D eigenvalue weighted by Gasteiger charge is -2.21. The average Bonchev–Trinajstić information content (AvgIpc) is 2.96. The predicted octanol–water partition coefficient (Wildman–Crippen LogP) is 4.11. The Kier molecular flexibility index (Phi) is 15.5. The van der Waals surface area contributed by atoms with E-state index < -0.39 is 29.9 Å². The number of carbonyl (C=O) groups is 5. The number of hydrogen-bond acceptors (Lipinski definition) is 8. The predicted molar refractivity (Wildman–Crippen MR) is 159 cm³/mol. The first-order chi connectivity index (χ1) is 19.8. The number of esters is 1. The number of amides is 3. The number of hydrogen-bond donors (Lipinski definition) is 3. The topological polar surface area (TPSA) is 144 Å². The summed E-state index contributed by atoms with van der Waals surface area (Å²) in [5, 5.41) is 8.03. The number of carbonyl (C=O) groups excluding carboxylic acids is 5. The highest BCUT2D eigenvalue weighted by Gasteiger charge is 2.26. The van der Waals surface area contributed by atoms with Gasteiger partial charge >= 0.3 is 5.97 Å². The lowest BCUT2D eigenvalue weighted by Crippen LogP contribution is -2.46. The SMILES string of the molecule is C/C=C1\NC(=O)c2cccc(n2)CNC(=O)C[C@@H](/C=C/CCSC(=O)CCCCCCC)OC(=O)[C@H](CC)NC1=O. The second-order valence-corrected chi connectivity index (χ2v) is 10.8. The molecule has 224 valence electrons. The molecule has 0 radical (unpaired) electrons. The van der Waals surface area contributed by atoms with Crippen LogP contribution in [-0.4, -0.2) is 51.7 Å². The summed E-state index contributed by atoms with van der Waals surface area (Å²) < 4.78 is 5.62. The van der Waals surface area contributed by atoms with Gasteiger partial charge in [0.1, 0.15) is 23.5 Å². The van der Waals surface area contributed by atoms with E-state index in [0.29, 0.717) is 24.3 Å². The summed E-state index contributed by atoms with van der Waals surface area (Å²) in [7, 11) is 0. The molecule has 1 aromatic rings. The largest absolute Gasteiger partial charge is 0.456 e. The van der Waals surface area contributed by atoms with E-state index >= 15 is 0 Å². The molecule has 0 aliphatic carbocycles. The number of nitrogens with zero attached hydrogens (tertiary/aromatic N) is 1. The molecule has 1 aliphatic rings. The molecule has 2 atom stereocenters. The van der Waals surface area contributed by atoms with E-state index in [2.05, 4.69) is 27.9 Å². The lowest BCUT2D eigenvalue weighted by atomic mass is 10.1. The minimum atomic E-state index is -0.992. The highest BCUT2D eigenvalue weighted by molar-refractivity contribution is 8.13. The van der Waals surface area contributed by atoms with Crippen LogP contribution < -0.4 is 16.0 Å². The molecule has 3 N–H and O–H groups in total. The zero-order valence-electron chi connectivity index (χ0n) is 24.2.